The van der Waals surface area contributed by atoms with E-state index in [2.05, 4.69) is 6.58 Å². The molecule has 5 nitrogen and oxygen atoms in total. The minimum absolute atomic E-state index is 0.0987. The highest BCUT2D eigenvalue weighted by Gasteiger charge is 2.41. The van der Waals surface area contributed by atoms with E-state index in [-0.39, 0.29) is 5.92 Å². The molecule has 1 saturated heterocycles. The van der Waals surface area contributed by atoms with Crippen molar-refractivity contribution < 1.29 is 19.1 Å². The second kappa shape index (κ2) is 5.42. The van der Waals surface area contributed by atoms with Crippen LogP contribution in [0.25, 0.3) is 0 Å². The lowest BCUT2D eigenvalue weighted by atomic mass is 10.1. The van der Waals surface area contributed by atoms with E-state index < -0.39 is 23.7 Å². The molecule has 102 valence electrons. The number of esters is 1. The molecule has 1 aliphatic rings. The maximum atomic E-state index is 12.0. The molecule has 1 aliphatic heterocycles. The summed E-state index contributed by atoms with van der Waals surface area (Å²) >= 11 is 0. The highest BCUT2D eigenvalue weighted by atomic mass is 16.6. The van der Waals surface area contributed by atoms with Crippen LogP contribution in [-0.2, 0) is 14.3 Å². The van der Waals surface area contributed by atoms with Crippen molar-refractivity contribution >= 4 is 12.1 Å². The quantitative estimate of drug-likeness (QED) is 0.559. The van der Waals surface area contributed by atoms with E-state index in [4.69, 9.17) is 9.47 Å². The Balaban J connectivity index is 2.80. The zero-order valence-corrected chi connectivity index (χ0v) is 11.4. The number of methoxy groups -OCH3 is 1. The summed E-state index contributed by atoms with van der Waals surface area (Å²) in [6.45, 7) is 9.51. The van der Waals surface area contributed by atoms with Crippen LogP contribution in [0.3, 0.4) is 0 Å². The summed E-state index contributed by atoms with van der Waals surface area (Å²) in [5.41, 5.74) is -0.579. The molecule has 0 radical (unpaired) electrons. The molecule has 1 amide bonds. The van der Waals surface area contributed by atoms with Crippen LogP contribution in [0.4, 0.5) is 4.79 Å². The second-order valence-electron chi connectivity index (χ2n) is 5.40. The number of rotatable bonds is 2. The van der Waals surface area contributed by atoms with Gasteiger partial charge >= 0.3 is 12.1 Å². The van der Waals surface area contributed by atoms with E-state index in [1.54, 1.807) is 26.8 Å². The van der Waals surface area contributed by atoms with Gasteiger partial charge in [-0.25, -0.2) is 9.59 Å². The lowest BCUT2D eigenvalue weighted by Crippen LogP contribution is -2.43. The minimum atomic E-state index is -0.579. The number of amides is 1. The van der Waals surface area contributed by atoms with Gasteiger partial charge < -0.3 is 9.47 Å². The predicted molar refractivity (Wildman–Crippen MR) is 67.0 cm³/mol. The predicted octanol–water partition coefficient (Wildman–Crippen LogP) is 1.97. The number of nitrogens with zero attached hydrogens (tertiary/aromatic N) is 1. The topological polar surface area (TPSA) is 55.8 Å². The number of ether oxygens (including phenoxy) is 2. The maximum absolute atomic E-state index is 12.0. The largest absolute Gasteiger partial charge is 0.467 e. The van der Waals surface area contributed by atoms with Crippen LogP contribution >= 0.6 is 0 Å². The molecule has 0 saturated carbocycles. The van der Waals surface area contributed by atoms with Crippen LogP contribution in [0, 0.1) is 5.92 Å². The van der Waals surface area contributed by atoms with Gasteiger partial charge in [0.25, 0.3) is 0 Å². The zero-order valence-electron chi connectivity index (χ0n) is 11.4. The summed E-state index contributed by atoms with van der Waals surface area (Å²) in [6.07, 6.45) is 1.80. The first-order chi connectivity index (χ1) is 8.28. The van der Waals surface area contributed by atoms with Gasteiger partial charge in [-0.1, -0.05) is 6.08 Å². The molecular formula is C13H21NO4. The second-order valence-corrected chi connectivity index (χ2v) is 5.40. The monoisotopic (exact) mass is 255 g/mol. The lowest BCUT2D eigenvalue weighted by Gasteiger charge is -2.27. The van der Waals surface area contributed by atoms with Crippen molar-refractivity contribution in [1.82, 2.24) is 4.90 Å². The Morgan fingerprint density at radius 2 is 2.00 bits per heavy atom. The van der Waals surface area contributed by atoms with Crippen LogP contribution in [0.1, 0.15) is 27.2 Å². The molecule has 1 rings (SSSR count). The zero-order chi connectivity index (χ0) is 13.9. The summed E-state index contributed by atoms with van der Waals surface area (Å²) in [6, 6.07) is -0.576. The smallest absolute Gasteiger partial charge is 0.411 e. The molecule has 1 heterocycles. The van der Waals surface area contributed by atoms with E-state index >= 15 is 0 Å². The number of likely N-dealkylation sites (tertiary alicyclic amines) is 1. The first kappa shape index (κ1) is 14.5. The van der Waals surface area contributed by atoms with Gasteiger partial charge in [0.15, 0.2) is 0 Å². The van der Waals surface area contributed by atoms with Gasteiger partial charge in [0.1, 0.15) is 11.6 Å². The van der Waals surface area contributed by atoms with Crippen molar-refractivity contribution in [2.75, 3.05) is 13.7 Å². The van der Waals surface area contributed by atoms with Crippen LogP contribution in [0.15, 0.2) is 12.7 Å². The lowest BCUT2D eigenvalue weighted by molar-refractivity contribution is -0.145. The van der Waals surface area contributed by atoms with Crippen molar-refractivity contribution in [3.05, 3.63) is 12.7 Å². The third kappa shape index (κ3) is 3.48. The van der Waals surface area contributed by atoms with E-state index in [0.29, 0.717) is 13.0 Å². The molecule has 0 bridgehead atoms. The van der Waals surface area contributed by atoms with Crippen LogP contribution in [0.5, 0.6) is 0 Å². The summed E-state index contributed by atoms with van der Waals surface area (Å²) in [5, 5.41) is 0. The Kier molecular flexibility index (Phi) is 4.38. The fourth-order valence-corrected chi connectivity index (χ4v) is 1.92. The average molecular weight is 255 g/mol. The maximum Gasteiger partial charge on any atom is 0.411 e. The molecule has 0 spiro atoms. The fraction of sp³-hybridized carbons (Fsp3) is 0.692. The van der Waals surface area contributed by atoms with Gasteiger partial charge in [-0.2, -0.15) is 0 Å². The summed E-state index contributed by atoms with van der Waals surface area (Å²) in [7, 11) is 1.32. The molecule has 0 aliphatic carbocycles. The van der Waals surface area contributed by atoms with Gasteiger partial charge in [-0.15, -0.1) is 6.58 Å². The van der Waals surface area contributed by atoms with Crippen molar-refractivity contribution in [1.29, 1.82) is 0 Å². The highest BCUT2D eigenvalue weighted by Crippen LogP contribution is 2.26. The minimum Gasteiger partial charge on any atom is -0.467 e. The Bertz CT molecular complexity index is 345. The molecular weight excluding hydrogens is 234 g/mol. The Morgan fingerprint density at radius 1 is 1.39 bits per heavy atom. The molecule has 0 aromatic heterocycles. The summed E-state index contributed by atoms with van der Waals surface area (Å²) < 4.78 is 10.00. The van der Waals surface area contributed by atoms with E-state index in [1.807, 2.05) is 0 Å². The van der Waals surface area contributed by atoms with Crippen molar-refractivity contribution in [2.45, 2.75) is 38.8 Å². The molecule has 5 heteroatoms. The van der Waals surface area contributed by atoms with Gasteiger partial charge in [0.05, 0.1) is 7.11 Å². The molecule has 0 aromatic rings. The average Bonchev–Trinajstić information content (AvgIpc) is 2.69. The third-order valence-electron chi connectivity index (χ3n) is 2.77. The molecule has 0 N–H and O–H groups in total. The Labute approximate surface area is 108 Å². The van der Waals surface area contributed by atoms with Crippen LogP contribution in [-0.4, -0.2) is 42.3 Å². The van der Waals surface area contributed by atoms with Crippen LogP contribution < -0.4 is 0 Å². The van der Waals surface area contributed by atoms with Crippen molar-refractivity contribution in [3.8, 4) is 0 Å². The van der Waals surface area contributed by atoms with Crippen molar-refractivity contribution in [3.63, 3.8) is 0 Å². The third-order valence-corrected chi connectivity index (χ3v) is 2.77. The molecule has 0 unspecified atom stereocenters. The molecule has 18 heavy (non-hydrogen) atoms. The highest BCUT2D eigenvalue weighted by molar-refractivity contribution is 5.82. The van der Waals surface area contributed by atoms with Gasteiger partial charge in [-0.05, 0) is 33.1 Å². The number of hydrogen-bond donors (Lipinski definition) is 0. The van der Waals surface area contributed by atoms with E-state index in [9.17, 15) is 9.59 Å². The number of carbonyl (C=O) groups is 2. The first-order valence-electron chi connectivity index (χ1n) is 5.98. The van der Waals surface area contributed by atoms with E-state index in [0.717, 1.165) is 0 Å². The SMILES string of the molecule is C=C[C@@H]1C[C@@H](C(=O)OC)N(C(=O)OC(C)(C)C)C1. The van der Waals surface area contributed by atoms with Gasteiger partial charge in [-0.3, -0.25) is 4.90 Å². The van der Waals surface area contributed by atoms with Gasteiger partial charge in [0, 0.05) is 6.54 Å². The number of hydrogen-bond acceptors (Lipinski definition) is 4. The number of carbonyl (C=O) groups excluding carboxylic acids is 2. The normalized spacial score (nSPS) is 23.7. The van der Waals surface area contributed by atoms with E-state index in [1.165, 1.54) is 12.0 Å². The molecule has 0 aromatic carbocycles. The Hall–Kier alpha value is -1.52. The first-order valence-corrected chi connectivity index (χ1v) is 5.98. The molecule has 2 atom stereocenters. The Morgan fingerprint density at radius 3 is 2.44 bits per heavy atom. The van der Waals surface area contributed by atoms with Crippen LogP contribution in [0.2, 0.25) is 0 Å². The molecule has 1 fully saturated rings. The summed E-state index contributed by atoms with van der Waals surface area (Å²) in [4.78, 5) is 25.1. The van der Waals surface area contributed by atoms with Crippen molar-refractivity contribution in [2.24, 2.45) is 5.92 Å². The summed E-state index contributed by atoms with van der Waals surface area (Å²) in [5.74, 6) is -0.313. The standard InChI is InChI=1S/C13H21NO4/c1-6-9-7-10(11(15)17-5)14(8-9)12(16)18-13(2,3)4/h6,9-10H,1,7-8H2,2-5H3/t9-,10+/m1/s1. The fourth-order valence-electron chi connectivity index (χ4n) is 1.92. The van der Waals surface area contributed by atoms with Gasteiger partial charge in [0.2, 0.25) is 0 Å².